The number of anilines is 1. The third-order valence-electron chi connectivity index (χ3n) is 1.50. The van der Waals surface area contributed by atoms with Gasteiger partial charge in [0.1, 0.15) is 6.07 Å². The molecule has 64 valence electrons. The lowest BCUT2D eigenvalue weighted by atomic mass is 10.1. The summed E-state index contributed by atoms with van der Waals surface area (Å²) < 4.78 is 0. The van der Waals surface area contributed by atoms with E-state index in [1.54, 1.807) is 18.2 Å². The molecule has 0 aliphatic rings. The van der Waals surface area contributed by atoms with E-state index < -0.39 is 0 Å². The van der Waals surface area contributed by atoms with Crippen molar-refractivity contribution in [1.29, 1.82) is 5.26 Å². The number of nitrogen functional groups attached to an aromatic ring is 1. The third kappa shape index (κ3) is 2.24. The van der Waals surface area contributed by atoms with Gasteiger partial charge < -0.3 is 5.73 Å². The maximum Gasteiger partial charge on any atom is 0.103 e. The highest BCUT2D eigenvalue weighted by atomic mass is 79.9. The van der Waals surface area contributed by atoms with Crippen LogP contribution >= 0.6 is 15.9 Å². The van der Waals surface area contributed by atoms with Crippen LogP contribution in [0.15, 0.2) is 18.2 Å². The predicted molar refractivity (Wildman–Crippen MR) is 56.2 cm³/mol. The fourth-order valence-corrected chi connectivity index (χ4v) is 1.07. The van der Waals surface area contributed by atoms with Gasteiger partial charge in [-0.1, -0.05) is 33.8 Å². The van der Waals surface area contributed by atoms with Gasteiger partial charge in [-0.2, -0.15) is 5.26 Å². The standard InChI is InChI=1S/C10H7BrN2/c11-6-2-4-8-3-1-5-10(13)9(8)7-12/h1,3,5H,6,13H2. The summed E-state index contributed by atoms with van der Waals surface area (Å²) in [6.07, 6.45) is 0. The van der Waals surface area contributed by atoms with Crippen LogP contribution in [0.1, 0.15) is 11.1 Å². The van der Waals surface area contributed by atoms with E-state index in [9.17, 15) is 0 Å². The molecule has 0 bridgehead atoms. The summed E-state index contributed by atoms with van der Waals surface area (Å²) in [5.41, 5.74) is 7.21. The fourth-order valence-electron chi connectivity index (χ4n) is 0.928. The van der Waals surface area contributed by atoms with Crippen molar-refractivity contribution >= 4 is 21.6 Å². The molecule has 1 rings (SSSR count). The second-order valence-corrected chi connectivity index (χ2v) is 2.88. The van der Waals surface area contributed by atoms with Crippen molar-refractivity contribution in [2.75, 3.05) is 11.1 Å². The molecular weight excluding hydrogens is 228 g/mol. The van der Waals surface area contributed by atoms with Crippen LogP contribution in [0, 0.1) is 23.2 Å². The van der Waals surface area contributed by atoms with E-state index in [-0.39, 0.29) is 0 Å². The molecule has 0 spiro atoms. The fraction of sp³-hybridized carbons (Fsp3) is 0.100. The van der Waals surface area contributed by atoms with E-state index in [0.29, 0.717) is 22.1 Å². The lowest BCUT2D eigenvalue weighted by Crippen LogP contribution is -1.92. The van der Waals surface area contributed by atoms with Gasteiger partial charge in [0.15, 0.2) is 0 Å². The monoisotopic (exact) mass is 234 g/mol. The van der Waals surface area contributed by atoms with Gasteiger partial charge >= 0.3 is 0 Å². The first-order valence-corrected chi connectivity index (χ1v) is 4.75. The molecule has 1 aromatic carbocycles. The molecule has 0 saturated carbocycles. The van der Waals surface area contributed by atoms with E-state index in [1.807, 2.05) is 6.07 Å². The molecular formula is C10H7BrN2. The lowest BCUT2D eigenvalue weighted by Gasteiger charge is -1.98. The van der Waals surface area contributed by atoms with Crippen molar-refractivity contribution in [2.24, 2.45) is 0 Å². The van der Waals surface area contributed by atoms with Gasteiger partial charge in [-0.25, -0.2) is 0 Å². The molecule has 13 heavy (non-hydrogen) atoms. The summed E-state index contributed by atoms with van der Waals surface area (Å²) >= 11 is 3.18. The molecule has 0 amide bonds. The lowest BCUT2D eigenvalue weighted by molar-refractivity contribution is 1.47. The maximum absolute atomic E-state index is 8.79. The molecule has 0 fully saturated rings. The molecule has 0 radical (unpaired) electrons. The maximum atomic E-state index is 8.79. The van der Waals surface area contributed by atoms with Crippen molar-refractivity contribution in [2.45, 2.75) is 0 Å². The summed E-state index contributed by atoms with van der Waals surface area (Å²) in [5.74, 6) is 5.68. The largest absolute Gasteiger partial charge is 0.398 e. The Bertz CT molecular complexity index is 407. The van der Waals surface area contributed by atoms with Crippen LogP contribution in [0.4, 0.5) is 5.69 Å². The molecule has 2 N–H and O–H groups in total. The molecule has 0 aliphatic carbocycles. The third-order valence-corrected chi connectivity index (χ3v) is 1.78. The second kappa shape index (κ2) is 4.54. The van der Waals surface area contributed by atoms with Gasteiger partial charge in [-0.15, -0.1) is 0 Å². The Morgan fingerprint density at radius 2 is 2.23 bits per heavy atom. The molecule has 0 unspecified atom stereocenters. The number of benzene rings is 1. The minimum Gasteiger partial charge on any atom is -0.398 e. The molecule has 0 saturated heterocycles. The van der Waals surface area contributed by atoms with E-state index in [0.717, 1.165) is 0 Å². The molecule has 0 aromatic heterocycles. The topological polar surface area (TPSA) is 49.8 Å². The Kier molecular flexibility index (Phi) is 3.37. The number of hydrogen-bond acceptors (Lipinski definition) is 2. The number of nitrogens with two attached hydrogens (primary N) is 1. The van der Waals surface area contributed by atoms with Gasteiger partial charge in [0.25, 0.3) is 0 Å². The van der Waals surface area contributed by atoms with Crippen molar-refractivity contribution < 1.29 is 0 Å². The molecule has 0 heterocycles. The second-order valence-electron chi connectivity index (χ2n) is 2.32. The summed E-state index contributed by atoms with van der Waals surface area (Å²) in [4.78, 5) is 0. The minimum absolute atomic E-state index is 0.455. The van der Waals surface area contributed by atoms with Crippen LogP contribution in [-0.2, 0) is 0 Å². The number of halogens is 1. The highest BCUT2D eigenvalue weighted by molar-refractivity contribution is 9.09. The Labute approximate surface area is 85.5 Å². The van der Waals surface area contributed by atoms with Crippen LogP contribution in [0.2, 0.25) is 0 Å². The smallest absolute Gasteiger partial charge is 0.103 e. The number of nitriles is 1. The zero-order valence-corrected chi connectivity index (χ0v) is 8.43. The van der Waals surface area contributed by atoms with E-state index >= 15 is 0 Å². The summed E-state index contributed by atoms with van der Waals surface area (Å²) in [5, 5.41) is 9.38. The molecule has 0 atom stereocenters. The molecule has 1 aromatic rings. The summed E-state index contributed by atoms with van der Waals surface area (Å²) in [7, 11) is 0. The normalized spacial score (nSPS) is 8.31. The number of alkyl halides is 1. The average Bonchev–Trinajstić information content (AvgIpc) is 2.15. The average molecular weight is 235 g/mol. The first kappa shape index (κ1) is 9.64. The van der Waals surface area contributed by atoms with Gasteiger partial charge in [0, 0.05) is 5.56 Å². The first-order valence-electron chi connectivity index (χ1n) is 3.63. The zero-order valence-electron chi connectivity index (χ0n) is 6.84. The quantitative estimate of drug-likeness (QED) is 0.424. The SMILES string of the molecule is N#Cc1c(N)cccc1C#CCBr. The number of hydrogen-bond donors (Lipinski definition) is 1. The Balaban J connectivity index is 3.22. The van der Waals surface area contributed by atoms with Crippen LogP contribution in [0.25, 0.3) is 0 Å². The van der Waals surface area contributed by atoms with Gasteiger partial charge in [-0.05, 0) is 12.1 Å². The Morgan fingerprint density at radius 3 is 2.85 bits per heavy atom. The van der Waals surface area contributed by atoms with Crippen molar-refractivity contribution in [1.82, 2.24) is 0 Å². The highest BCUT2D eigenvalue weighted by Crippen LogP contribution is 2.14. The summed E-state index contributed by atoms with van der Waals surface area (Å²) in [6.45, 7) is 0. The van der Waals surface area contributed by atoms with Crippen molar-refractivity contribution in [3.8, 4) is 17.9 Å². The number of rotatable bonds is 0. The zero-order chi connectivity index (χ0) is 9.68. The van der Waals surface area contributed by atoms with Crippen LogP contribution in [-0.4, -0.2) is 5.33 Å². The van der Waals surface area contributed by atoms with Crippen molar-refractivity contribution in [3.63, 3.8) is 0 Å². The minimum atomic E-state index is 0.455. The van der Waals surface area contributed by atoms with Crippen LogP contribution in [0.3, 0.4) is 0 Å². The Morgan fingerprint density at radius 1 is 1.46 bits per heavy atom. The predicted octanol–water partition coefficient (Wildman–Crippen LogP) is 1.89. The molecule has 3 heteroatoms. The van der Waals surface area contributed by atoms with Crippen LogP contribution < -0.4 is 5.73 Å². The highest BCUT2D eigenvalue weighted by Gasteiger charge is 2.01. The van der Waals surface area contributed by atoms with Gasteiger partial charge in [0.05, 0.1) is 16.6 Å². The van der Waals surface area contributed by atoms with E-state index in [2.05, 4.69) is 27.8 Å². The van der Waals surface area contributed by atoms with Gasteiger partial charge in [-0.3, -0.25) is 0 Å². The van der Waals surface area contributed by atoms with E-state index in [4.69, 9.17) is 11.0 Å². The van der Waals surface area contributed by atoms with E-state index in [1.165, 1.54) is 0 Å². The Hall–Kier alpha value is -1.45. The van der Waals surface area contributed by atoms with Crippen LogP contribution in [0.5, 0.6) is 0 Å². The van der Waals surface area contributed by atoms with Crippen molar-refractivity contribution in [3.05, 3.63) is 29.3 Å². The summed E-state index contributed by atoms with van der Waals surface area (Å²) in [6, 6.07) is 7.29. The first-order chi connectivity index (χ1) is 6.29. The molecule has 0 aliphatic heterocycles. The van der Waals surface area contributed by atoms with Gasteiger partial charge in [0.2, 0.25) is 0 Å². The molecule has 2 nitrogen and oxygen atoms in total. The number of nitrogens with zero attached hydrogens (tertiary/aromatic N) is 1.